The molecule has 0 N–H and O–H groups in total. The van der Waals surface area contributed by atoms with Crippen molar-refractivity contribution in [3.05, 3.63) is 30.5 Å². The summed E-state index contributed by atoms with van der Waals surface area (Å²) < 4.78 is 6.90. The molecule has 5 heteroatoms. The Kier molecular flexibility index (Phi) is 3.39. The Morgan fingerprint density at radius 3 is 1.73 bits per heavy atom. The van der Waals surface area contributed by atoms with Gasteiger partial charge in [0.1, 0.15) is 0 Å². The van der Waals surface area contributed by atoms with Crippen LogP contribution in [0.25, 0.3) is 0 Å². The molecule has 0 aromatic rings. The molecule has 15 heavy (non-hydrogen) atoms. The molecule has 0 unspecified atom stereocenters. The second-order valence-electron chi connectivity index (χ2n) is 4.24. The monoisotopic (exact) mass is 379 g/mol. The zero-order valence-corrected chi connectivity index (χ0v) is 12.6. The Balaban J connectivity index is 3.33. The number of allylic oxidation sites excluding steroid dienone is 4. The van der Waals surface area contributed by atoms with Crippen molar-refractivity contribution in [2.45, 2.75) is 34.6 Å². The van der Waals surface area contributed by atoms with Crippen molar-refractivity contribution >= 4 is 0 Å². The molecule has 0 aliphatic heterocycles. The third-order valence-corrected chi connectivity index (χ3v) is 8.55. The van der Waals surface area contributed by atoms with E-state index in [-0.39, 0.29) is 5.41 Å². The van der Waals surface area contributed by atoms with Gasteiger partial charge in [0, 0.05) is 0 Å². The van der Waals surface area contributed by atoms with Crippen molar-refractivity contribution in [2.75, 3.05) is 0 Å². The maximum atomic E-state index is 10.7. The van der Waals surface area contributed by atoms with Gasteiger partial charge in [-0.25, -0.2) is 0 Å². The molecule has 0 fully saturated rings. The first-order valence-electron chi connectivity index (χ1n) is 4.68. The molecule has 0 heterocycles. The van der Waals surface area contributed by atoms with Gasteiger partial charge in [0.25, 0.3) is 0 Å². The first-order chi connectivity index (χ1) is 6.87. The van der Waals surface area contributed by atoms with Crippen LogP contribution in [0.5, 0.6) is 0 Å². The van der Waals surface area contributed by atoms with Crippen LogP contribution in [0.4, 0.5) is 0 Å². The first-order valence-corrected chi connectivity index (χ1v) is 8.77. The Labute approximate surface area is 95.9 Å². The average Bonchev–Trinajstić information content (AvgIpc) is 2.34. The van der Waals surface area contributed by atoms with E-state index >= 15 is 0 Å². The van der Waals surface area contributed by atoms with E-state index in [1.54, 1.807) is 0 Å². The molecule has 1 aliphatic rings. The van der Waals surface area contributed by atoms with Crippen LogP contribution in [0, 0.1) is 15.2 Å². The van der Waals surface area contributed by atoms with Gasteiger partial charge >= 0.3 is 95.8 Å². The number of hydrogen-bond donors (Lipinski definition) is 0. The summed E-state index contributed by atoms with van der Waals surface area (Å²) in [5.41, 5.74) is 3.26. The first kappa shape index (κ1) is 12.4. The van der Waals surface area contributed by atoms with E-state index in [1.807, 2.05) is 34.6 Å². The number of nitroso groups, excluding NO2 is 2. The quantitative estimate of drug-likeness (QED) is 0.704. The molecule has 0 saturated carbocycles. The maximum absolute atomic E-state index is 10.7. The molecule has 0 amide bonds. The Morgan fingerprint density at radius 1 is 1.00 bits per heavy atom. The fourth-order valence-corrected chi connectivity index (χ4v) is 6.37. The van der Waals surface area contributed by atoms with Gasteiger partial charge in [0.15, 0.2) is 0 Å². The molecule has 0 spiro atoms. The van der Waals surface area contributed by atoms with Crippen LogP contribution in [0.3, 0.4) is 0 Å². The topological polar surface area (TPSA) is 58.9 Å². The summed E-state index contributed by atoms with van der Waals surface area (Å²) in [4.78, 5) is 21.3. The predicted octanol–water partition coefficient (Wildman–Crippen LogP) is 3.62. The van der Waals surface area contributed by atoms with Crippen LogP contribution >= 0.6 is 0 Å². The van der Waals surface area contributed by atoms with Crippen molar-refractivity contribution in [3.8, 4) is 0 Å². The van der Waals surface area contributed by atoms with Crippen LogP contribution in [-0.4, -0.2) is 0 Å². The van der Waals surface area contributed by atoms with Gasteiger partial charge in [0.2, 0.25) is 0 Å². The van der Waals surface area contributed by atoms with Gasteiger partial charge < -0.3 is 0 Å². The van der Waals surface area contributed by atoms with Crippen LogP contribution in [0.1, 0.15) is 34.6 Å². The molecule has 0 aromatic carbocycles. The standard InChI is InChI=1S/C10H15.2NO.W/c1-7-6-10(4,5)9(3)8(7)2;2*1-2;/h1-5H3;;;/q;2*-1;+2. The Bertz CT molecular complexity index is 375. The molecule has 0 aromatic heterocycles. The summed E-state index contributed by atoms with van der Waals surface area (Å²) in [6, 6.07) is 0. The molecule has 0 radical (unpaired) electrons. The van der Waals surface area contributed by atoms with Crippen molar-refractivity contribution < 1.29 is 17.8 Å². The summed E-state index contributed by atoms with van der Waals surface area (Å²) in [7, 11) is 0. The van der Waals surface area contributed by atoms with E-state index in [1.165, 1.54) is 11.1 Å². The van der Waals surface area contributed by atoms with Gasteiger partial charge in [-0.15, -0.1) is 0 Å². The second kappa shape index (κ2) is 4.09. The van der Waals surface area contributed by atoms with Crippen LogP contribution in [-0.2, 0) is 17.8 Å². The zero-order valence-electron chi connectivity index (χ0n) is 9.62. The molecular formula is C10H15N2O2W. The van der Waals surface area contributed by atoms with E-state index in [4.69, 9.17) is 0 Å². The minimum absolute atomic E-state index is 0.205. The van der Waals surface area contributed by atoms with Gasteiger partial charge in [0.05, 0.1) is 0 Å². The average molecular weight is 379 g/mol. The Hall–Kier alpha value is -0.632. The predicted molar refractivity (Wildman–Crippen MR) is 56.4 cm³/mol. The summed E-state index contributed by atoms with van der Waals surface area (Å²) >= 11 is -3.10. The van der Waals surface area contributed by atoms with E-state index in [0.717, 1.165) is 9.54 Å². The van der Waals surface area contributed by atoms with E-state index in [9.17, 15) is 9.81 Å². The summed E-state index contributed by atoms with van der Waals surface area (Å²) in [5.74, 6) is 0. The Morgan fingerprint density at radius 2 is 1.47 bits per heavy atom. The van der Waals surface area contributed by atoms with Gasteiger partial charge in [-0.2, -0.15) is 0 Å². The third-order valence-electron chi connectivity index (χ3n) is 3.29. The molecule has 1 aliphatic carbocycles. The molecule has 4 nitrogen and oxygen atoms in total. The fourth-order valence-electron chi connectivity index (χ4n) is 2.01. The second-order valence-corrected chi connectivity index (χ2v) is 8.68. The fraction of sp³-hybridized carbons (Fsp3) is 0.600. The molecule has 0 bridgehead atoms. The molecule has 0 saturated heterocycles. The van der Waals surface area contributed by atoms with Crippen molar-refractivity contribution in [1.29, 1.82) is 0 Å². The van der Waals surface area contributed by atoms with Crippen LogP contribution in [0.2, 0.25) is 0 Å². The number of hydrogen-bond acceptors (Lipinski definition) is 4. The van der Waals surface area contributed by atoms with Crippen molar-refractivity contribution in [3.63, 3.8) is 0 Å². The van der Waals surface area contributed by atoms with Crippen LogP contribution < -0.4 is 0 Å². The minimum atomic E-state index is -3.10. The van der Waals surface area contributed by atoms with Crippen molar-refractivity contribution in [2.24, 2.45) is 12.9 Å². The van der Waals surface area contributed by atoms with Gasteiger partial charge in [-0.05, 0) is 0 Å². The van der Waals surface area contributed by atoms with E-state index < -0.39 is 17.8 Å². The number of nitrogens with zero attached hydrogens (tertiary/aromatic N) is 2. The normalized spacial score (nSPS) is 20.1. The van der Waals surface area contributed by atoms with Crippen LogP contribution in [0.15, 0.2) is 28.2 Å². The SMILES string of the molecule is CC1=C(C)C(C)(C)[C]([W]([N]=O)[N]=O)=C1C. The molecule has 83 valence electrons. The summed E-state index contributed by atoms with van der Waals surface area (Å²) in [5, 5.41) is 0. The summed E-state index contributed by atoms with van der Waals surface area (Å²) in [6.07, 6.45) is 0. The zero-order chi connectivity index (χ0) is 11.8. The summed E-state index contributed by atoms with van der Waals surface area (Å²) in [6.45, 7) is 10.1. The van der Waals surface area contributed by atoms with E-state index in [0.29, 0.717) is 0 Å². The molecule has 0 atom stereocenters. The third kappa shape index (κ3) is 1.76. The van der Waals surface area contributed by atoms with E-state index in [2.05, 4.69) is 7.47 Å². The van der Waals surface area contributed by atoms with Gasteiger partial charge in [-0.3, -0.25) is 0 Å². The number of rotatable bonds is 3. The van der Waals surface area contributed by atoms with Gasteiger partial charge in [-0.1, -0.05) is 0 Å². The molecule has 1 rings (SSSR count). The molecular weight excluding hydrogens is 364 g/mol. The van der Waals surface area contributed by atoms with Crippen molar-refractivity contribution in [1.82, 2.24) is 0 Å².